The summed E-state index contributed by atoms with van der Waals surface area (Å²) in [6.07, 6.45) is 5.28. The van der Waals surface area contributed by atoms with Crippen molar-refractivity contribution in [1.29, 1.82) is 0 Å². The first-order valence-electron chi connectivity index (χ1n) is 8.18. The van der Waals surface area contributed by atoms with E-state index in [0.29, 0.717) is 23.1 Å². The zero-order valence-corrected chi connectivity index (χ0v) is 15.2. The van der Waals surface area contributed by atoms with Crippen molar-refractivity contribution in [1.82, 2.24) is 0 Å². The largest absolute Gasteiger partial charge is 0.495 e. The molecule has 2 aromatic rings. The van der Waals surface area contributed by atoms with E-state index < -0.39 is 0 Å². The van der Waals surface area contributed by atoms with Gasteiger partial charge in [-0.2, -0.15) is 0 Å². The van der Waals surface area contributed by atoms with Gasteiger partial charge in [0.25, 0.3) is 0 Å². The molecule has 0 saturated carbocycles. The zero-order chi connectivity index (χ0) is 18.1. The molecule has 0 unspecified atom stereocenters. The van der Waals surface area contributed by atoms with Crippen LogP contribution in [0, 0.1) is 0 Å². The fourth-order valence-electron chi connectivity index (χ4n) is 2.17. The van der Waals surface area contributed by atoms with Gasteiger partial charge in [-0.05, 0) is 36.8 Å². The number of amides is 1. The van der Waals surface area contributed by atoms with Crippen LogP contribution in [0.5, 0.6) is 11.5 Å². The van der Waals surface area contributed by atoms with Crippen LogP contribution in [0.1, 0.15) is 25.3 Å². The van der Waals surface area contributed by atoms with Crippen molar-refractivity contribution < 1.29 is 14.3 Å². The molecular weight excluding hydrogens is 338 g/mol. The lowest BCUT2D eigenvalue weighted by molar-refractivity contribution is -0.111. The molecule has 1 amide bonds. The molecule has 0 fully saturated rings. The number of benzene rings is 2. The summed E-state index contributed by atoms with van der Waals surface area (Å²) < 4.78 is 10.8. The first-order chi connectivity index (χ1) is 12.1. The molecule has 0 aliphatic rings. The number of halogens is 1. The molecule has 0 aliphatic heterocycles. The van der Waals surface area contributed by atoms with Gasteiger partial charge in [0.05, 0.1) is 18.7 Å². The molecule has 5 heteroatoms. The number of ether oxygens (including phenoxy) is 2. The number of carbonyl (C=O) groups excluding carboxylic acids is 1. The summed E-state index contributed by atoms with van der Waals surface area (Å²) in [4.78, 5) is 12.1. The summed E-state index contributed by atoms with van der Waals surface area (Å²) in [5.41, 5.74) is 1.47. The molecule has 25 heavy (non-hydrogen) atoms. The minimum absolute atomic E-state index is 0.246. The molecule has 0 aromatic heterocycles. The van der Waals surface area contributed by atoms with Gasteiger partial charge in [0.2, 0.25) is 5.91 Å². The van der Waals surface area contributed by atoms with E-state index in [2.05, 4.69) is 12.2 Å². The maximum Gasteiger partial charge on any atom is 0.248 e. The third-order valence-corrected chi connectivity index (χ3v) is 3.80. The third-order valence-electron chi connectivity index (χ3n) is 3.51. The van der Waals surface area contributed by atoms with Crippen LogP contribution in [-0.2, 0) is 4.79 Å². The van der Waals surface area contributed by atoms with Crippen LogP contribution in [-0.4, -0.2) is 19.6 Å². The zero-order valence-electron chi connectivity index (χ0n) is 14.4. The van der Waals surface area contributed by atoms with E-state index in [0.717, 1.165) is 24.2 Å². The van der Waals surface area contributed by atoms with Crippen LogP contribution in [0.25, 0.3) is 6.08 Å². The van der Waals surface area contributed by atoms with E-state index in [1.165, 1.54) is 6.08 Å². The molecule has 1 N–H and O–H groups in total. The standard InChI is InChI=1S/C20H22ClNO3/c1-3-4-13-25-18-8-6-5-7-15(18)9-12-20(23)22-16-10-11-19(24-2)17(21)14-16/h5-12,14H,3-4,13H2,1-2H3,(H,22,23). The summed E-state index contributed by atoms with van der Waals surface area (Å²) in [5, 5.41) is 3.21. The Kier molecular flexibility index (Phi) is 7.36. The second-order valence-corrected chi connectivity index (χ2v) is 5.82. The molecule has 0 heterocycles. The average molecular weight is 360 g/mol. The van der Waals surface area contributed by atoms with Gasteiger partial charge < -0.3 is 14.8 Å². The van der Waals surface area contributed by atoms with Gasteiger partial charge in [-0.1, -0.05) is 43.1 Å². The van der Waals surface area contributed by atoms with Gasteiger partial charge in [-0.3, -0.25) is 4.79 Å². The van der Waals surface area contributed by atoms with E-state index in [1.807, 2.05) is 24.3 Å². The Balaban J connectivity index is 2.01. The summed E-state index contributed by atoms with van der Waals surface area (Å²) >= 11 is 6.06. The highest BCUT2D eigenvalue weighted by molar-refractivity contribution is 6.32. The number of methoxy groups -OCH3 is 1. The van der Waals surface area contributed by atoms with Gasteiger partial charge >= 0.3 is 0 Å². The van der Waals surface area contributed by atoms with Gasteiger partial charge in [0.1, 0.15) is 11.5 Å². The van der Waals surface area contributed by atoms with Crippen molar-refractivity contribution in [2.24, 2.45) is 0 Å². The average Bonchev–Trinajstić information content (AvgIpc) is 2.61. The summed E-state index contributed by atoms with van der Waals surface area (Å²) in [5.74, 6) is 1.09. The van der Waals surface area contributed by atoms with Crippen molar-refractivity contribution in [3.8, 4) is 11.5 Å². The number of anilines is 1. The van der Waals surface area contributed by atoms with E-state index in [9.17, 15) is 4.79 Å². The van der Waals surface area contributed by atoms with Crippen LogP contribution in [0.3, 0.4) is 0 Å². The number of para-hydroxylation sites is 1. The van der Waals surface area contributed by atoms with E-state index in [4.69, 9.17) is 21.1 Å². The molecule has 0 bridgehead atoms. The topological polar surface area (TPSA) is 47.6 Å². The van der Waals surface area contributed by atoms with Crippen molar-refractivity contribution in [3.63, 3.8) is 0 Å². The molecule has 0 spiro atoms. The number of unbranched alkanes of at least 4 members (excludes halogenated alkanes) is 1. The second-order valence-electron chi connectivity index (χ2n) is 5.41. The second kappa shape index (κ2) is 9.74. The molecule has 2 rings (SSSR count). The lowest BCUT2D eigenvalue weighted by atomic mass is 10.2. The molecule has 4 nitrogen and oxygen atoms in total. The van der Waals surface area contributed by atoms with Crippen LogP contribution < -0.4 is 14.8 Å². The van der Waals surface area contributed by atoms with Crippen molar-refractivity contribution in [3.05, 3.63) is 59.1 Å². The highest BCUT2D eigenvalue weighted by Crippen LogP contribution is 2.27. The highest BCUT2D eigenvalue weighted by atomic mass is 35.5. The Morgan fingerprint density at radius 2 is 2.00 bits per heavy atom. The number of hydrogen-bond donors (Lipinski definition) is 1. The molecule has 132 valence electrons. The smallest absolute Gasteiger partial charge is 0.248 e. The van der Waals surface area contributed by atoms with E-state index in [-0.39, 0.29) is 5.91 Å². The minimum atomic E-state index is -0.246. The SMILES string of the molecule is CCCCOc1ccccc1C=CC(=O)Nc1ccc(OC)c(Cl)c1. The molecule has 2 aromatic carbocycles. The minimum Gasteiger partial charge on any atom is -0.495 e. The predicted octanol–water partition coefficient (Wildman–Crippen LogP) is 5.18. The molecule has 0 saturated heterocycles. The highest BCUT2D eigenvalue weighted by Gasteiger charge is 2.04. The van der Waals surface area contributed by atoms with E-state index >= 15 is 0 Å². The van der Waals surface area contributed by atoms with Crippen LogP contribution >= 0.6 is 11.6 Å². The molecular formula is C20H22ClNO3. The third kappa shape index (κ3) is 5.84. The maximum atomic E-state index is 12.1. The van der Waals surface area contributed by atoms with Gasteiger partial charge in [-0.15, -0.1) is 0 Å². The molecule has 0 aliphatic carbocycles. The summed E-state index contributed by atoms with van der Waals surface area (Å²) in [7, 11) is 1.54. The Morgan fingerprint density at radius 3 is 2.72 bits per heavy atom. The Morgan fingerprint density at radius 1 is 1.20 bits per heavy atom. The molecule has 0 atom stereocenters. The number of nitrogens with one attached hydrogen (secondary N) is 1. The Bertz CT molecular complexity index is 743. The fraction of sp³-hybridized carbons (Fsp3) is 0.250. The van der Waals surface area contributed by atoms with Crippen LogP contribution in [0.4, 0.5) is 5.69 Å². The normalized spacial score (nSPS) is 10.7. The monoisotopic (exact) mass is 359 g/mol. The lowest BCUT2D eigenvalue weighted by Gasteiger charge is -2.08. The van der Waals surface area contributed by atoms with Gasteiger partial charge in [0, 0.05) is 17.3 Å². The van der Waals surface area contributed by atoms with Crippen molar-refractivity contribution in [2.75, 3.05) is 19.0 Å². The molecule has 0 radical (unpaired) electrons. The lowest BCUT2D eigenvalue weighted by Crippen LogP contribution is -2.07. The Labute approximate surface area is 153 Å². The summed E-state index contributed by atoms with van der Waals surface area (Å²) in [6.45, 7) is 2.78. The number of carbonyl (C=O) groups is 1. The van der Waals surface area contributed by atoms with Crippen molar-refractivity contribution in [2.45, 2.75) is 19.8 Å². The first-order valence-corrected chi connectivity index (χ1v) is 8.56. The number of rotatable bonds is 8. The Hall–Kier alpha value is -2.46. The predicted molar refractivity (Wildman–Crippen MR) is 103 cm³/mol. The van der Waals surface area contributed by atoms with Crippen LogP contribution in [0.15, 0.2) is 48.5 Å². The van der Waals surface area contributed by atoms with Crippen molar-refractivity contribution >= 4 is 29.3 Å². The van der Waals surface area contributed by atoms with Gasteiger partial charge in [0.15, 0.2) is 0 Å². The number of hydrogen-bond acceptors (Lipinski definition) is 3. The summed E-state index contributed by atoms with van der Waals surface area (Å²) in [6, 6.07) is 12.7. The van der Waals surface area contributed by atoms with Crippen LogP contribution in [0.2, 0.25) is 5.02 Å². The first kappa shape index (κ1) is 18.9. The van der Waals surface area contributed by atoms with Gasteiger partial charge in [-0.25, -0.2) is 0 Å². The quantitative estimate of drug-likeness (QED) is 0.522. The fourth-order valence-corrected chi connectivity index (χ4v) is 2.43. The maximum absolute atomic E-state index is 12.1. The van der Waals surface area contributed by atoms with E-state index in [1.54, 1.807) is 31.4 Å².